The van der Waals surface area contributed by atoms with Crippen molar-refractivity contribution < 1.29 is 33.9 Å². The number of benzene rings is 4. The molecular formula is C42H47F2N5O7. The van der Waals surface area contributed by atoms with Crippen molar-refractivity contribution in [1.82, 2.24) is 14.9 Å². The minimum Gasteiger partial charge on any atom is -0.506 e. The van der Waals surface area contributed by atoms with Crippen LogP contribution in [0.5, 0.6) is 5.75 Å². The molecule has 296 valence electrons. The molecule has 2 heterocycles. The number of rotatable bonds is 13. The van der Waals surface area contributed by atoms with E-state index in [1.165, 1.54) is 12.1 Å². The molecule has 0 radical (unpaired) electrons. The molecule has 1 aliphatic rings. The number of oxazole rings is 1. The van der Waals surface area contributed by atoms with Gasteiger partial charge in [-0.3, -0.25) is 23.7 Å². The SMILES string of the molecule is F.F.NC1CCC(N(C(=O)O)c2cc(CCCCn3c(=O)oc4cc(CNC[C@H](O)c5ccc(O)c6[nH]c(=O)ccc56)ccc43)ccc2-c2ccccc2)CC1. The fourth-order valence-electron chi connectivity index (χ4n) is 7.65. The summed E-state index contributed by atoms with van der Waals surface area (Å²) in [5.74, 6) is -0.497. The van der Waals surface area contributed by atoms with Crippen molar-refractivity contribution in [3.05, 3.63) is 129 Å². The Bertz CT molecular complexity index is 2390. The van der Waals surface area contributed by atoms with Crippen molar-refractivity contribution >= 4 is 33.8 Å². The van der Waals surface area contributed by atoms with Gasteiger partial charge in [-0.1, -0.05) is 54.6 Å². The predicted molar refractivity (Wildman–Crippen MR) is 214 cm³/mol. The molecule has 1 atom stereocenters. The lowest BCUT2D eigenvalue weighted by atomic mass is 9.89. The van der Waals surface area contributed by atoms with Crippen molar-refractivity contribution in [3.63, 3.8) is 0 Å². The number of hydrogen-bond donors (Lipinski definition) is 6. The highest BCUT2D eigenvalue weighted by Crippen LogP contribution is 2.37. The van der Waals surface area contributed by atoms with Gasteiger partial charge in [0.25, 0.3) is 0 Å². The summed E-state index contributed by atoms with van der Waals surface area (Å²) >= 11 is 0. The fourth-order valence-corrected chi connectivity index (χ4v) is 7.65. The minimum atomic E-state index is -0.963. The van der Waals surface area contributed by atoms with Gasteiger partial charge >= 0.3 is 11.8 Å². The Hall–Kier alpha value is -5.83. The van der Waals surface area contributed by atoms with Crippen LogP contribution in [-0.4, -0.2) is 49.6 Å². The van der Waals surface area contributed by atoms with E-state index in [1.807, 2.05) is 60.7 Å². The molecule has 56 heavy (non-hydrogen) atoms. The number of aliphatic hydroxyl groups is 1. The van der Waals surface area contributed by atoms with E-state index >= 15 is 0 Å². The van der Waals surface area contributed by atoms with Gasteiger partial charge in [0.1, 0.15) is 5.75 Å². The van der Waals surface area contributed by atoms with Crippen LogP contribution in [0.15, 0.2) is 105 Å². The number of nitrogens with zero attached hydrogens (tertiary/aromatic N) is 2. The maximum Gasteiger partial charge on any atom is 0.419 e. The van der Waals surface area contributed by atoms with E-state index in [-0.39, 0.29) is 44.9 Å². The number of aryl methyl sites for hydroxylation is 2. The molecule has 6 aromatic rings. The summed E-state index contributed by atoms with van der Waals surface area (Å²) in [7, 11) is 0. The van der Waals surface area contributed by atoms with Crippen LogP contribution in [0.2, 0.25) is 0 Å². The van der Waals surface area contributed by atoms with Crippen LogP contribution in [0.25, 0.3) is 33.1 Å². The van der Waals surface area contributed by atoms with Crippen LogP contribution in [-0.2, 0) is 19.5 Å². The number of amides is 1. The lowest BCUT2D eigenvalue weighted by Gasteiger charge is -2.35. The van der Waals surface area contributed by atoms with Crippen LogP contribution in [0, 0.1) is 0 Å². The largest absolute Gasteiger partial charge is 0.506 e. The molecule has 1 fully saturated rings. The molecule has 7 rings (SSSR count). The molecule has 0 aliphatic heterocycles. The fraction of sp³-hybridized carbons (Fsp3) is 0.310. The van der Waals surface area contributed by atoms with Crippen LogP contribution < -0.4 is 27.3 Å². The summed E-state index contributed by atoms with van der Waals surface area (Å²) in [5, 5.41) is 35.3. The number of nitrogens with one attached hydrogen (secondary N) is 2. The molecular weight excluding hydrogens is 724 g/mol. The lowest BCUT2D eigenvalue weighted by Crippen LogP contribution is -2.44. The zero-order valence-corrected chi connectivity index (χ0v) is 30.7. The number of pyridine rings is 1. The molecule has 0 bridgehead atoms. The maximum absolute atomic E-state index is 12.9. The Morgan fingerprint density at radius 1 is 0.929 bits per heavy atom. The first-order valence-electron chi connectivity index (χ1n) is 18.5. The average Bonchev–Trinajstić information content (AvgIpc) is 3.48. The highest BCUT2D eigenvalue weighted by molar-refractivity contribution is 5.94. The van der Waals surface area contributed by atoms with Gasteiger partial charge in [0.15, 0.2) is 5.58 Å². The number of aromatic nitrogens is 2. The van der Waals surface area contributed by atoms with E-state index in [1.54, 1.807) is 21.6 Å². The van der Waals surface area contributed by atoms with Crippen molar-refractivity contribution in [2.45, 2.75) is 76.2 Å². The Balaban J connectivity index is 0.00000300. The van der Waals surface area contributed by atoms with Gasteiger partial charge in [0.05, 0.1) is 22.8 Å². The summed E-state index contributed by atoms with van der Waals surface area (Å²) < 4.78 is 7.25. The van der Waals surface area contributed by atoms with E-state index in [0.717, 1.165) is 60.8 Å². The third-order valence-electron chi connectivity index (χ3n) is 10.5. The smallest absolute Gasteiger partial charge is 0.419 e. The number of carboxylic acid groups (broad SMARTS) is 1. The number of aliphatic hydroxyl groups excluding tert-OH is 1. The summed E-state index contributed by atoms with van der Waals surface area (Å²) in [5.41, 5.74) is 12.3. The van der Waals surface area contributed by atoms with E-state index in [9.17, 15) is 29.7 Å². The maximum atomic E-state index is 12.9. The van der Waals surface area contributed by atoms with Gasteiger partial charge in [-0.15, -0.1) is 0 Å². The molecule has 0 unspecified atom stereocenters. The first-order chi connectivity index (χ1) is 26.2. The van der Waals surface area contributed by atoms with E-state index in [4.69, 9.17) is 10.2 Å². The van der Waals surface area contributed by atoms with Crippen LogP contribution in [0.3, 0.4) is 0 Å². The van der Waals surface area contributed by atoms with Crippen LogP contribution >= 0.6 is 0 Å². The molecule has 1 aliphatic carbocycles. The number of aromatic amines is 1. The third-order valence-corrected chi connectivity index (χ3v) is 10.5. The first-order valence-corrected chi connectivity index (χ1v) is 18.5. The molecule has 4 aromatic carbocycles. The van der Waals surface area contributed by atoms with E-state index in [0.29, 0.717) is 47.2 Å². The number of aromatic hydroxyl groups is 1. The van der Waals surface area contributed by atoms with Crippen molar-refractivity contribution in [2.24, 2.45) is 5.73 Å². The number of hydrogen-bond acceptors (Lipinski definition) is 8. The number of H-pyrrole nitrogens is 1. The molecule has 1 amide bonds. The first kappa shape index (κ1) is 41.3. The zero-order chi connectivity index (χ0) is 37.8. The Morgan fingerprint density at radius 2 is 1.68 bits per heavy atom. The Kier molecular flexibility index (Phi) is 13.4. The van der Waals surface area contributed by atoms with Crippen LogP contribution in [0.4, 0.5) is 19.9 Å². The highest BCUT2D eigenvalue weighted by Gasteiger charge is 2.30. The van der Waals surface area contributed by atoms with Crippen molar-refractivity contribution in [1.29, 1.82) is 0 Å². The second kappa shape index (κ2) is 18.2. The van der Waals surface area contributed by atoms with Gasteiger partial charge < -0.3 is 35.8 Å². The van der Waals surface area contributed by atoms with Gasteiger partial charge in [0, 0.05) is 48.7 Å². The van der Waals surface area contributed by atoms with E-state index in [2.05, 4.69) is 16.4 Å². The lowest BCUT2D eigenvalue weighted by molar-refractivity contribution is 0.176. The number of phenols is 1. The molecule has 0 saturated heterocycles. The Morgan fingerprint density at radius 3 is 2.43 bits per heavy atom. The summed E-state index contributed by atoms with van der Waals surface area (Å²) in [6.07, 6.45) is 3.40. The van der Waals surface area contributed by atoms with Gasteiger partial charge in [-0.25, -0.2) is 9.59 Å². The second-order valence-electron chi connectivity index (χ2n) is 14.1. The number of halogens is 2. The van der Waals surface area contributed by atoms with Crippen molar-refractivity contribution in [3.8, 4) is 16.9 Å². The molecule has 2 aromatic heterocycles. The van der Waals surface area contributed by atoms with Gasteiger partial charge in [-0.2, -0.15) is 0 Å². The molecule has 14 heteroatoms. The standard InChI is InChI=1S/C42H45N5O7.2FH/c43-29-11-13-30(14-12-29)47(41(51)52)35-22-26(9-15-31(35)28-7-2-1-3-8-28)6-4-5-21-46-34-18-10-27(23-38(34)54-42(46)53)24-44-25-37(49)32-16-19-36(48)40-33(32)17-20-39(50)45-40;;/h1-3,7-10,15-20,22-23,29-30,37,44,48-49H,4-6,11-14,21,24-25,43H2,(H,45,50)(H,51,52);2*1H/t29?,30?,37-;;/m0../s1. The number of carbonyl (C=O) groups is 1. The van der Waals surface area contributed by atoms with Crippen molar-refractivity contribution in [2.75, 3.05) is 11.4 Å². The van der Waals surface area contributed by atoms with Gasteiger partial charge in [-0.05, 0) is 97.5 Å². The summed E-state index contributed by atoms with van der Waals surface area (Å²) in [6.45, 7) is 1.09. The minimum absolute atomic E-state index is 0. The average molecular weight is 772 g/mol. The number of anilines is 1. The summed E-state index contributed by atoms with van der Waals surface area (Å²) in [6, 6.07) is 27.5. The van der Waals surface area contributed by atoms with Crippen LogP contribution in [0.1, 0.15) is 61.3 Å². The molecule has 7 N–H and O–H groups in total. The zero-order valence-electron chi connectivity index (χ0n) is 30.7. The number of phenolic OH excluding ortho intramolecular Hbond substituents is 1. The highest BCUT2D eigenvalue weighted by atomic mass is 19.0. The topological polar surface area (TPSA) is 187 Å². The second-order valence-corrected chi connectivity index (χ2v) is 14.1. The monoisotopic (exact) mass is 771 g/mol. The molecule has 12 nitrogen and oxygen atoms in total. The number of unbranched alkanes of at least 4 members (excludes halogenated alkanes) is 1. The summed E-state index contributed by atoms with van der Waals surface area (Å²) in [4.78, 5) is 41.5. The number of fused-ring (bicyclic) bond motifs is 2. The quantitative estimate of drug-likeness (QED) is 0.0694. The molecule has 1 saturated carbocycles. The third kappa shape index (κ3) is 8.99. The normalized spacial score (nSPS) is 15.9. The van der Waals surface area contributed by atoms with Gasteiger partial charge in [0.2, 0.25) is 5.56 Å². The predicted octanol–water partition coefficient (Wildman–Crippen LogP) is 6.71. The number of nitrogens with two attached hydrogens (primary N) is 1. The van der Waals surface area contributed by atoms with E-state index < -0.39 is 18.0 Å². The molecule has 0 spiro atoms. The Labute approximate surface area is 320 Å².